The van der Waals surface area contributed by atoms with Crippen molar-refractivity contribution in [2.75, 3.05) is 11.9 Å². The maximum atomic E-state index is 10.7. The van der Waals surface area contributed by atoms with E-state index >= 15 is 0 Å². The Bertz CT molecular complexity index is 358. The Morgan fingerprint density at radius 3 is 1.84 bits per heavy atom. The fraction of sp³-hybridized carbons (Fsp3) is 0.467. The highest BCUT2D eigenvalue weighted by Crippen LogP contribution is 2.15. The van der Waals surface area contributed by atoms with E-state index in [0.717, 1.165) is 0 Å². The lowest BCUT2D eigenvalue weighted by atomic mass is 10.3. The van der Waals surface area contributed by atoms with Crippen LogP contribution in [0.5, 0.6) is 5.75 Å². The van der Waals surface area contributed by atoms with Crippen molar-refractivity contribution >= 4 is 17.4 Å². The molecule has 1 amide bonds. The number of ketones is 1. The minimum absolute atomic E-state index is 0.0269. The van der Waals surface area contributed by atoms with Gasteiger partial charge in [-0.2, -0.15) is 0 Å². The van der Waals surface area contributed by atoms with Crippen LogP contribution >= 0.6 is 0 Å². The summed E-state index contributed by atoms with van der Waals surface area (Å²) >= 11 is 0. The molecule has 108 valence electrons. The molecule has 0 spiro atoms. The Hall–Kier alpha value is -1.84. The van der Waals surface area contributed by atoms with E-state index in [9.17, 15) is 9.59 Å². The first kappa shape index (κ1) is 19.5. The highest BCUT2D eigenvalue weighted by Gasteiger charge is 1.98. The van der Waals surface area contributed by atoms with Gasteiger partial charge in [-0.1, -0.05) is 27.7 Å². The van der Waals surface area contributed by atoms with Gasteiger partial charge >= 0.3 is 0 Å². The summed E-state index contributed by atoms with van der Waals surface area (Å²) in [5, 5.41) is 2.64. The maximum absolute atomic E-state index is 10.7. The van der Waals surface area contributed by atoms with E-state index in [1.54, 1.807) is 24.3 Å². The number of hydrogen-bond donors (Lipinski definition) is 1. The molecule has 0 unspecified atom stereocenters. The van der Waals surface area contributed by atoms with Crippen molar-refractivity contribution < 1.29 is 14.3 Å². The molecule has 19 heavy (non-hydrogen) atoms. The second-order valence-corrected chi connectivity index (χ2v) is 3.20. The number of carbonyl (C=O) groups excluding carboxylic acids is 2. The first-order chi connectivity index (χ1) is 9.08. The summed E-state index contributed by atoms with van der Waals surface area (Å²) in [4.78, 5) is 21.4. The van der Waals surface area contributed by atoms with E-state index in [0.29, 0.717) is 11.4 Å². The van der Waals surface area contributed by atoms with Gasteiger partial charge in [0.15, 0.2) is 5.78 Å². The number of hydrogen-bond acceptors (Lipinski definition) is 3. The first-order valence-electron chi connectivity index (χ1n) is 6.58. The summed E-state index contributed by atoms with van der Waals surface area (Å²) in [6, 6.07) is 6.84. The van der Waals surface area contributed by atoms with Crippen molar-refractivity contribution in [3.05, 3.63) is 24.3 Å². The van der Waals surface area contributed by atoms with Gasteiger partial charge in [0.1, 0.15) is 12.4 Å². The van der Waals surface area contributed by atoms with Crippen LogP contribution in [0, 0.1) is 0 Å². The summed E-state index contributed by atoms with van der Waals surface area (Å²) in [5.74, 6) is 0.465. The van der Waals surface area contributed by atoms with Crippen molar-refractivity contribution in [3.63, 3.8) is 0 Å². The van der Waals surface area contributed by atoms with Crippen LogP contribution in [0.2, 0.25) is 0 Å². The molecule has 1 aromatic rings. The van der Waals surface area contributed by atoms with Crippen molar-refractivity contribution in [2.24, 2.45) is 0 Å². The summed E-state index contributed by atoms with van der Waals surface area (Å²) in [5.41, 5.74) is 0.706. The van der Waals surface area contributed by atoms with E-state index < -0.39 is 0 Å². The summed E-state index contributed by atoms with van der Waals surface area (Å²) in [6.45, 7) is 11.0. The van der Waals surface area contributed by atoms with Crippen LogP contribution < -0.4 is 10.1 Å². The van der Waals surface area contributed by atoms with Gasteiger partial charge in [0, 0.05) is 12.6 Å². The second-order valence-electron chi connectivity index (χ2n) is 3.20. The zero-order valence-corrected chi connectivity index (χ0v) is 12.7. The number of nitrogens with one attached hydrogen (secondary N) is 1. The molecule has 0 aliphatic heterocycles. The third-order valence-corrected chi connectivity index (χ3v) is 1.62. The number of anilines is 1. The number of carbonyl (C=O) groups is 2. The summed E-state index contributed by atoms with van der Waals surface area (Å²) in [6.07, 6.45) is 0. The minimum atomic E-state index is -0.118. The Morgan fingerprint density at radius 1 is 1.00 bits per heavy atom. The molecule has 0 saturated heterocycles. The first-order valence-corrected chi connectivity index (χ1v) is 6.58. The predicted octanol–water partition coefficient (Wildman–Crippen LogP) is 3.67. The van der Waals surface area contributed by atoms with Crippen LogP contribution in [0.3, 0.4) is 0 Å². The zero-order valence-electron chi connectivity index (χ0n) is 12.7. The average molecular weight is 267 g/mol. The van der Waals surface area contributed by atoms with Gasteiger partial charge in [0.25, 0.3) is 0 Å². The number of benzene rings is 1. The molecule has 4 heteroatoms. The molecule has 0 heterocycles. The predicted molar refractivity (Wildman–Crippen MR) is 79.6 cm³/mol. The largest absolute Gasteiger partial charge is 0.486 e. The molecule has 4 nitrogen and oxygen atoms in total. The van der Waals surface area contributed by atoms with Crippen LogP contribution in [0.15, 0.2) is 24.3 Å². The monoisotopic (exact) mass is 267 g/mol. The number of rotatable bonds is 4. The number of ether oxygens (including phenoxy) is 1. The Balaban J connectivity index is 0. The maximum Gasteiger partial charge on any atom is 0.221 e. The van der Waals surface area contributed by atoms with Crippen LogP contribution in [-0.4, -0.2) is 18.3 Å². The van der Waals surface area contributed by atoms with E-state index in [1.807, 2.05) is 27.7 Å². The van der Waals surface area contributed by atoms with E-state index in [2.05, 4.69) is 5.32 Å². The van der Waals surface area contributed by atoms with E-state index in [4.69, 9.17) is 4.74 Å². The molecule has 0 aliphatic rings. The van der Waals surface area contributed by atoms with Crippen molar-refractivity contribution in [3.8, 4) is 5.75 Å². The molecule has 0 radical (unpaired) electrons. The van der Waals surface area contributed by atoms with Gasteiger partial charge in [0.05, 0.1) is 0 Å². The number of amides is 1. The average Bonchev–Trinajstić information content (AvgIpc) is 2.42. The molecule has 1 rings (SSSR count). The molecule has 0 bridgehead atoms. The smallest absolute Gasteiger partial charge is 0.221 e. The fourth-order valence-corrected chi connectivity index (χ4v) is 1.02. The van der Waals surface area contributed by atoms with Gasteiger partial charge in [-0.15, -0.1) is 0 Å². The Morgan fingerprint density at radius 2 is 1.47 bits per heavy atom. The van der Waals surface area contributed by atoms with Gasteiger partial charge in [0.2, 0.25) is 5.91 Å². The van der Waals surface area contributed by atoms with Gasteiger partial charge in [-0.05, 0) is 31.2 Å². The van der Waals surface area contributed by atoms with Crippen molar-refractivity contribution in [2.45, 2.75) is 41.5 Å². The molecule has 1 N–H and O–H groups in total. The second kappa shape index (κ2) is 12.6. The van der Waals surface area contributed by atoms with Crippen LogP contribution in [0.1, 0.15) is 41.5 Å². The highest BCUT2D eigenvalue weighted by atomic mass is 16.5. The molecular formula is C15H25NO3. The molecule has 0 atom stereocenters. The quantitative estimate of drug-likeness (QED) is 0.905. The number of Topliss-reactive ketones (excluding diaryl/α,β-unsaturated/α-hetero) is 1. The molecule has 0 saturated carbocycles. The third kappa shape index (κ3) is 11.0. The summed E-state index contributed by atoms with van der Waals surface area (Å²) < 4.78 is 5.17. The third-order valence-electron chi connectivity index (χ3n) is 1.62. The van der Waals surface area contributed by atoms with Gasteiger partial charge in [-0.3, -0.25) is 9.59 Å². The van der Waals surface area contributed by atoms with Gasteiger partial charge in [-0.25, -0.2) is 0 Å². The molecule has 0 aromatic heterocycles. The standard InChI is InChI=1S/C11H13NO3.2C2H6/c1-8(13)7-15-11-5-3-10(4-6-11)12-9(2)14;2*1-2/h3-6H,7H2,1-2H3,(H,12,14);2*1-2H3. The lowest BCUT2D eigenvalue weighted by molar-refractivity contribution is -0.119. The SMILES string of the molecule is CC.CC.CC(=O)COc1ccc(NC(C)=O)cc1. The van der Waals surface area contributed by atoms with Crippen molar-refractivity contribution in [1.29, 1.82) is 0 Å². The minimum Gasteiger partial charge on any atom is -0.486 e. The molecule has 0 fully saturated rings. The highest BCUT2D eigenvalue weighted by molar-refractivity contribution is 5.88. The molecule has 0 aliphatic carbocycles. The summed E-state index contributed by atoms with van der Waals surface area (Å²) in [7, 11) is 0. The lowest BCUT2D eigenvalue weighted by Gasteiger charge is -2.05. The van der Waals surface area contributed by atoms with Crippen molar-refractivity contribution in [1.82, 2.24) is 0 Å². The van der Waals surface area contributed by atoms with E-state index in [1.165, 1.54) is 13.8 Å². The normalized spacial score (nSPS) is 8.11. The van der Waals surface area contributed by atoms with Crippen LogP contribution in [0.25, 0.3) is 0 Å². The molecular weight excluding hydrogens is 242 g/mol. The Labute approximate surface area is 116 Å². The Kier molecular flexibility index (Phi) is 12.9. The molecule has 1 aromatic carbocycles. The van der Waals surface area contributed by atoms with Gasteiger partial charge < -0.3 is 10.1 Å². The lowest BCUT2D eigenvalue weighted by Crippen LogP contribution is -2.07. The van der Waals surface area contributed by atoms with E-state index in [-0.39, 0.29) is 18.3 Å². The fourth-order valence-electron chi connectivity index (χ4n) is 1.02. The van der Waals surface area contributed by atoms with Crippen LogP contribution in [0.4, 0.5) is 5.69 Å². The zero-order chi connectivity index (χ0) is 15.3. The topological polar surface area (TPSA) is 55.4 Å². The van der Waals surface area contributed by atoms with Crippen LogP contribution in [-0.2, 0) is 9.59 Å².